The van der Waals surface area contributed by atoms with E-state index in [1.807, 2.05) is 30.3 Å². The Bertz CT molecular complexity index is 625. The molecule has 22 heavy (non-hydrogen) atoms. The number of para-hydroxylation sites is 1. The molecule has 0 aliphatic rings. The molecule has 3 nitrogen and oxygen atoms in total. The fourth-order valence-electron chi connectivity index (χ4n) is 1.77. The second kappa shape index (κ2) is 8.62. The van der Waals surface area contributed by atoms with E-state index in [0.29, 0.717) is 5.56 Å². The second-order valence-corrected chi connectivity index (χ2v) is 4.38. The van der Waals surface area contributed by atoms with Crippen molar-refractivity contribution in [2.75, 3.05) is 11.9 Å². The average Bonchev–Trinajstić information content (AvgIpc) is 2.45. The lowest BCUT2D eigenvalue weighted by molar-refractivity contribution is 0.445. The number of benzene rings is 2. The molecule has 0 saturated heterocycles. The summed E-state index contributed by atoms with van der Waals surface area (Å²) in [5.41, 5.74) is 6.80. The van der Waals surface area contributed by atoms with Crippen LogP contribution in [0.1, 0.15) is 5.56 Å². The highest BCUT2D eigenvalue weighted by atomic mass is 127. The van der Waals surface area contributed by atoms with E-state index in [2.05, 4.69) is 10.3 Å². The second-order valence-electron chi connectivity index (χ2n) is 4.38. The molecule has 0 aliphatic heterocycles. The molecule has 0 amide bonds. The predicted molar refractivity (Wildman–Crippen MR) is 92.0 cm³/mol. The molecule has 2 aromatic rings. The van der Waals surface area contributed by atoms with Crippen LogP contribution in [0.5, 0.6) is 0 Å². The number of rotatable bonds is 4. The van der Waals surface area contributed by atoms with Crippen LogP contribution in [-0.2, 0) is 6.42 Å². The minimum absolute atomic E-state index is 0. The number of aliphatic imine (C=N–C) groups is 1. The molecule has 7 heteroatoms. The van der Waals surface area contributed by atoms with Gasteiger partial charge in [-0.05, 0) is 36.2 Å². The van der Waals surface area contributed by atoms with Gasteiger partial charge in [0.1, 0.15) is 0 Å². The van der Waals surface area contributed by atoms with Gasteiger partial charge in [0.05, 0.1) is 0 Å². The molecule has 0 fully saturated rings. The summed E-state index contributed by atoms with van der Waals surface area (Å²) in [6.45, 7) is 0.232. The average molecular weight is 421 g/mol. The summed E-state index contributed by atoms with van der Waals surface area (Å²) in [4.78, 5) is 4.04. The van der Waals surface area contributed by atoms with Gasteiger partial charge in [-0.1, -0.05) is 18.2 Å². The van der Waals surface area contributed by atoms with Gasteiger partial charge in [0.25, 0.3) is 0 Å². The maximum Gasteiger partial charge on any atom is 0.194 e. The smallest absolute Gasteiger partial charge is 0.194 e. The van der Waals surface area contributed by atoms with Gasteiger partial charge in [-0.15, -0.1) is 24.0 Å². The standard InChI is InChI=1S/C15H14F3N3.HI/c16-12-8-10(9-13(17)14(12)18)6-7-20-15(19)21-11-4-2-1-3-5-11;/h1-5,8-9H,6-7H2,(H3,19,20,21);1H. The summed E-state index contributed by atoms with van der Waals surface area (Å²) in [6.07, 6.45) is 0.255. The first-order valence-electron chi connectivity index (χ1n) is 6.31. The molecule has 118 valence electrons. The summed E-state index contributed by atoms with van der Waals surface area (Å²) >= 11 is 0. The Labute approximate surface area is 143 Å². The van der Waals surface area contributed by atoms with Crippen LogP contribution in [0, 0.1) is 17.5 Å². The summed E-state index contributed by atoms with van der Waals surface area (Å²) in [5.74, 6) is -3.68. The maximum absolute atomic E-state index is 13.0. The van der Waals surface area contributed by atoms with E-state index >= 15 is 0 Å². The predicted octanol–water partition coefficient (Wildman–Crippen LogP) is 3.69. The molecule has 2 aromatic carbocycles. The molecule has 0 saturated carbocycles. The van der Waals surface area contributed by atoms with Crippen LogP contribution in [0.15, 0.2) is 47.5 Å². The summed E-state index contributed by atoms with van der Waals surface area (Å²) in [7, 11) is 0. The molecule has 0 aliphatic carbocycles. The number of halogens is 4. The van der Waals surface area contributed by atoms with Crippen molar-refractivity contribution in [1.82, 2.24) is 0 Å². The van der Waals surface area contributed by atoms with Crippen molar-refractivity contribution in [3.63, 3.8) is 0 Å². The minimum atomic E-state index is -1.47. The van der Waals surface area contributed by atoms with E-state index in [9.17, 15) is 13.2 Å². The SMILES string of the molecule is I.NC(=NCCc1cc(F)c(F)c(F)c1)Nc1ccccc1. The third-order valence-electron chi connectivity index (χ3n) is 2.77. The van der Waals surface area contributed by atoms with Crippen LogP contribution in [0.25, 0.3) is 0 Å². The molecule has 0 radical (unpaired) electrons. The van der Waals surface area contributed by atoms with Crippen LogP contribution in [-0.4, -0.2) is 12.5 Å². The number of hydrogen-bond donors (Lipinski definition) is 2. The van der Waals surface area contributed by atoms with Gasteiger partial charge in [0.15, 0.2) is 23.4 Å². The molecular weight excluding hydrogens is 406 g/mol. The van der Waals surface area contributed by atoms with Gasteiger partial charge in [0, 0.05) is 12.2 Å². The van der Waals surface area contributed by atoms with Crippen molar-refractivity contribution in [3.05, 3.63) is 65.5 Å². The fourth-order valence-corrected chi connectivity index (χ4v) is 1.77. The zero-order valence-electron chi connectivity index (χ0n) is 11.5. The zero-order chi connectivity index (χ0) is 15.2. The lowest BCUT2D eigenvalue weighted by Crippen LogP contribution is -2.23. The number of guanidine groups is 1. The van der Waals surface area contributed by atoms with Crippen LogP contribution in [0.3, 0.4) is 0 Å². The van der Waals surface area contributed by atoms with E-state index < -0.39 is 17.5 Å². The van der Waals surface area contributed by atoms with Crippen molar-refractivity contribution in [3.8, 4) is 0 Å². The Morgan fingerprint density at radius 1 is 1.05 bits per heavy atom. The highest BCUT2D eigenvalue weighted by molar-refractivity contribution is 14.0. The normalized spacial score (nSPS) is 11.0. The van der Waals surface area contributed by atoms with Crippen LogP contribution in [0.4, 0.5) is 18.9 Å². The van der Waals surface area contributed by atoms with Crippen molar-refractivity contribution < 1.29 is 13.2 Å². The molecule has 0 unspecified atom stereocenters. The quantitative estimate of drug-likeness (QED) is 0.343. The van der Waals surface area contributed by atoms with Gasteiger partial charge in [0.2, 0.25) is 0 Å². The number of hydrogen-bond acceptors (Lipinski definition) is 1. The minimum Gasteiger partial charge on any atom is -0.370 e. The van der Waals surface area contributed by atoms with Gasteiger partial charge in [-0.25, -0.2) is 13.2 Å². The van der Waals surface area contributed by atoms with Gasteiger partial charge in [-0.3, -0.25) is 4.99 Å². The fraction of sp³-hybridized carbons (Fsp3) is 0.133. The first-order valence-corrected chi connectivity index (χ1v) is 6.31. The topological polar surface area (TPSA) is 50.4 Å². The van der Waals surface area contributed by atoms with Gasteiger partial charge in [-0.2, -0.15) is 0 Å². The molecule has 0 heterocycles. The van der Waals surface area contributed by atoms with Crippen LogP contribution in [0.2, 0.25) is 0 Å². The van der Waals surface area contributed by atoms with E-state index in [1.165, 1.54) is 0 Å². The number of nitrogens with one attached hydrogen (secondary N) is 1. The van der Waals surface area contributed by atoms with Crippen molar-refractivity contribution in [2.24, 2.45) is 10.7 Å². The van der Waals surface area contributed by atoms with Crippen LogP contribution >= 0.6 is 24.0 Å². The Kier molecular flexibility index (Phi) is 7.16. The molecule has 3 N–H and O–H groups in total. The summed E-state index contributed by atoms with van der Waals surface area (Å²) < 4.78 is 38.8. The molecule has 0 atom stereocenters. The Hall–Kier alpha value is -1.77. The third kappa shape index (κ3) is 5.21. The van der Waals surface area contributed by atoms with Crippen molar-refractivity contribution in [1.29, 1.82) is 0 Å². The molecule has 0 spiro atoms. The highest BCUT2D eigenvalue weighted by Crippen LogP contribution is 2.14. The Morgan fingerprint density at radius 2 is 1.64 bits per heavy atom. The van der Waals surface area contributed by atoms with E-state index in [1.54, 1.807) is 0 Å². The van der Waals surface area contributed by atoms with Crippen LogP contribution < -0.4 is 11.1 Å². The zero-order valence-corrected chi connectivity index (χ0v) is 13.9. The van der Waals surface area contributed by atoms with Crippen molar-refractivity contribution in [2.45, 2.75) is 6.42 Å². The largest absolute Gasteiger partial charge is 0.370 e. The lowest BCUT2D eigenvalue weighted by atomic mass is 10.1. The monoisotopic (exact) mass is 421 g/mol. The van der Waals surface area contributed by atoms with Crippen molar-refractivity contribution >= 4 is 35.6 Å². The number of anilines is 1. The lowest BCUT2D eigenvalue weighted by Gasteiger charge is -2.05. The highest BCUT2D eigenvalue weighted by Gasteiger charge is 2.10. The Morgan fingerprint density at radius 3 is 2.23 bits per heavy atom. The van der Waals surface area contributed by atoms with Gasteiger partial charge < -0.3 is 11.1 Å². The van der Waals surface area contributed by atoms with E-state index in [4.69, 9.17) is 5.73 Å². The third-order valence-corrected chi connectivity index (χ3v) is 2.77. The Balaban J connectivity index is 0.00000242. The molecule has 0 aromatic heterocycles. The van der Waals surface area contributed by atoms with E-state index in [-0.39, 0.29) is 42.9 Å². The first kappa shape index (κ1) is 18.3. The molecule has 0 bridgehead atoms. The summed E-state index contributed by atoms with van der Waals surface area (Å²) in [5, 5.41) is 2.88. The molecular formula is C15H15F3IN3. The number of nitrogens with zero attached hydrogens (tertiary/aromatic N) is 1. The summed E-state index contributed by atoms with van der Waals surface area (Å²) in [6, 6.07) is 11.1. The van der Waals surface area contributed by atoms with E-state index in [0.717, 1.165) is 17.8 Å². The van der Waals surface area contributed by atoms with Gasteiger partial charge >= 0.3 is 0 Å². The maximum atomic E-state index is 13.0. The number of nitrogens with two attached hydrogens (primary N) is 1. The first-order chi connectivity index (χ1) is 10.1. The molecule has 2 rings (SSSR count).